The number of nitrogens with two attached hydrogens (primary N) is 2. The summed E-state index contributed by atoms with van der Waals surface area (Å²) in [7, 11) is 1.78. The molecular formula is C34H63FN4O. The maximum absolute atomic E-state index is 13.3. The molecule has 6 heteroatoms. The van der Waals surface area contributed by atoms with E-state index in [1.54, 1.807) is 13.1 Å². The minimum absolute atomic E-state index is 0.197. The van der Waals surface area contributed by atoms with Gasteiger partial charge in [-0.05, 0) is 48.6 Å². The molecule has 0 fully saturated rings. The van der Waals surface area contributed by atoms with Gasteiger partial charge >= 0.3 is 0 Å². The van der Waals surface area contributed by atoms with Gasteiger partial charge in [0.05, 0.1) is 0 Å². The summed E-state index contributed by atoms with van der Waals surface area (Å²) in [6.45, 7) is 31.4. The Morgan fingerprint density at radius 2 is 1.48 bits per heavy atom. The van der Waals surface area contributed by atoms with Crippen LogP contribution in [0.4, 0.5) is 15.8 Å². The monoisotopic (exact) mass is 562 g/mol. The van der Waals surface area contributed by atoms with E-state index in [4.69, 9.17) is 11.5 Å². The Kier molecular flexibility index (Phi) is 30.4. The van der Waals surface area contributed by atoms with Crippen molar-refractivity contribution in [3.8, 4) is 0 Å². The fourth-order valence-corrected chi connectivity index (χ4v) is 3.46. The Morgan fingerprint density at radius 3 is 1.93 bits per heavy atom. The van der Waals surface area contributed by atoms with E-state index < -0.39 is 5.82 Å². The number of hydrogen-bond acceptors (Lipinski definition) is 5. The third kappa shape index (κ3) is 18.3. The largest absolute Gasteiger partial charge is 0.508 e. The molecule has 0 amide bonds. The maximum Gasteiger partial charge on any atom is 0.124 e. The molecule has 7 N–H and O–H groups in total. The van der Waals surface area contributed by atoms with Crippen molar-refractivity contribution in [3.63, 3.8) is 0 Å². The molecule has 0 atom stereocenters. The van der Waals surface area contributed by atoms with Crippen molar-refractivity contribution < 1.29 is 9.50 Å². The van der Waals surface area contributed by atoms with Gasteiger partial charge < -0.3 is 27.2 Å². The van der Waals surface area contributed by atoms with Gasteiger partial charge in [-0.15, -0.1) is 0 Å². The van der Waals surface area contributed by atoms with Crippen molar-refractivity contribution >= 4 is 22.8 Å². The lowest BCUT2D eigenvalue weighted by molar-refractivity contribution is 0.310. The number of hydrogen-bond donors (Lipinski definition) is 5. The quantitative estimate of drug-likeness (QED) is 0.147. The first-order valence-electron chi connectivity index (χ1n) is 14.9. The first-order valence-corrected chi connectivity index (χ1v) is 14.9. The number of nitrogens with one attached hydrogen (secondary N) is 2. The van der Waals surface area contributed by atoms with Gasteiger partial charge in [-0.1, -0.05) is 114 Å². The molecule has 0 aliphatic carbocycles. The summed E-state index contributed by atoms with van der Waals surface area (Å²) >= 11 is 0. The Balaban J connectivity index is -0.000000320. The zero-order valence-corrected chi connectivity index (χ0v) is 27.9. The van der Waals surface area contributed by atoms with Crippen molar-refractivity contribution in [2.45, 2.75) is 102 Å². The molecule has 2 rings (SSSR count). The average molecular weight is 563 g/mol. The van der Waals surface area contributed by atoms with E-state index in [0.717, 1.165) is 29.8 Å². The molecule has 0 radical (unpaired) electrons. The second-order valence-corrected chi connectivity index (χ2v) is 8.55. The van der Waals surface area contributed by atoms with E-state index in [0.29, 0.717) is 28.9 Å². The predicted molar refractivity (Wildman–Crippen MR) is 182 cm³/mol. The topological polar surface area (TPSA) is 96.3 Å². The van der Waals surface area contributed by atoms with E-state index >= 15 is 0 Å². The minimum atomic E-state index is -0.437. The summed E-state index contributed by atoms with van der Waals surface area (Å²) in [6.07, 6.45) is 3.72. The van der Waals surface area contributed by atoms with Gasteiger partial charge in [0.25, 0.3) is 0 Å². The van der Waals surface area contributed by atoms with E-state index in [-0.39, 0.29) is 5.76 Å². The van der Waals surface area contributed by atoms with Crippen LogP contribution in [0.25, 0.3) is 11.5 Å². The number of benzene rings is 2. The molecule has 0 bridgehead atoms. The molecule has 0 aliphatic heterocycles. The molecule has 5 nitrogen and oxygen atoms in total. The number of halogens is 1. The van der Waals surface area contributed by atoms with Crippen LogP contribution >= 0.6 is 0 Å². The normalized spacial score (nSPS) is 9.15. The first-order chi connectivity index (χ1) is 19.1. The Bertz CT molecular complexity index is 903. The molecule has 0 spiro atoms. The van der Waals surface area contributed by atoms with Crippen molar-refractivity contribution in [2.75, 3.05) is 24.6 Å². The predicted octanol–water partition coefficient (Wildman–Crippen LogP) is 10.0. The number of anilines is 2. The van der Waals surface area contributed by atoms with Crippen LogP contribution in [0.2, 0.25) is 0 Å². The summed E-state index contributed by atoms with van der Waals surface area (Å²) in [4.78, 5) is 0. The van der Waals surface area contributed by atoms with Crippen LogP contribution in [0.15, 0.2) is 49.6 Å². The third-order valence-electron chi connectivity index (χ3n) is 5.33. The highest BCUT2D eigenvalue weighted by Gasteiger charge is 2.14. The van der Waals surface area contributed by atoms with Crippen LogP contribution in [0.3, 0.4) is 0 Å². The number of nitrogen functional groups attached to an aromatic ring is 1. The Morgan fingerprint density at radius 1 is 0.925 bits per heavy atom. The van der Waals surface area contributed by atoms with Gasteiger partial charge in [0, 0.05) is 41.8 Å². The zero-order valence-electron chi connectivity index (χ0n) is 27.9. The number of para-hydroxylation sites is 1. The molecule has 0 unspecified atom stereocenters. The van der Waals surface area contributed by atoms with Crippen LogP contribution in [0.1, 0.15) is 112 Å². The molecule has 0 saturated carbocycles. The lowest BCUT2D eigenvalue weighted by Crippen LogP contribution is -2.16. The maximum atomic E-state index is 13.3. The van der Waals surface area contributed by atoms with Gasteiger partial charge in [-0.3, -0.25) is 0 Å². The van der Waals surface area contributed by atoms with Crippen LogP contribution < -0.4 is 22.1 Å². The summed E-state index contributed by atoms with van der Waals surface area (Å²) < 4.78 is 13.3. The summed E-state index contributed by atoms with van der Waals surface area (Å²) in [5, 5.41) is 15.7. The van der Waals surface area contributed by atoms with Crippen LogP contribution in [-0.4, -0.2) is 18.7 Å². The van der Waals surface area contributed by atoms with Crippen LogP contribution in [-0.2, 0) is 6.54 Å². The minimum Gasteiger partial charge on any atom is -0.508 e. The van der Waals surface area contributed by atoms with Crippen molar-refractivity contribution in [1.82, 2.24) is 5.32 Å². The van der Waals surface area contributed by atoms with Gasteiger partial charge in [0.2, 0.25) is 0 Å². The van der Waals surface area contributed by atoms with E-state index in [9.17, 15) is 9.50 Å². The van der Waals surface area contributed by atoms with Crippen molar-refractivity contribution in [1.29, 1.82) is 0 Å². The second kappa shape index (κ2) is 27.6. The fraction of sp³-hybridized carbons (Fsp3) is 0.529. The van der Waals surface area contributed by atoms with Crippen molar-refractivity contribution in [3.05, 3.63) is 72.1 Å². The molecule has 0 aliphatic rings. The summed E-state index contributed by atoms with van der Waals surface area (Å²) in [6, 6.07) is 9.77. The van der Waals surface area contributed by atoms with Crippen LogP contribution in [0, 0.1) is 11.2 Å². The summed E-state index contributed by atoms with van der Waals surface area (Å²) in [5.74, 6) is -0.634. The average Bonchev–Trinajstić information content (AvgIpc) is 2.97. The molecule has 0 heterocycles. The molecule has 0 saturated heterocycles. The highest BCUT2D eigenvalue weighted by Crippen LogP contribution is 2.26. The third-order valence-corrected chi connectivity index (χ3v) is 5.33. The first kappa shape index (κ1) is 44.0. The zero-order chi connectivity index (χ0) is 32.3. The highest BCUT2D eigenvalue weighted by atomic mass is 19.1. The van der Waals surface area contributed by atoms with Crippen LogP contribution in [0.5, 0.6) is 0 Å². The molecule has 2 aromatic carbocycles. The smallest absolute Gasteiger partial charge is 0.124 e. The Hall–Kier alpha value is -2.99. The number of aliphatic hydroxyl groups excluding tert-OH is 1. The van der Waals surface area contributed by atoms with Gasteiger partial charge in [0.1, 0.15) is 11.6 Å². The van der Waals surface area contributed by atoms with Gasteiger partial charge in [-0.2, -0.15) is 0 Å². The Labute approximate surface area is 247 Å². The molecule has 40 heavy (non-hydrogen) atoms. The second-order valence-electron chi connectivity index (χ2n) is 8.55. The van der Waals surface area contributed by atoms with E-state index in [1.165, 1.54) is 25.0 Å². The van der Waals surface area contributed by atoms with Gasteiger partial charge in [-0.25, -0.2) is 4.39 Å². The standard InChI is InChI=1S/C18H20FN3O.C8H19N.4C2H6/c1-11(21-3)15-6-4-5-13(18(15)20)10-22-17-8-7-14(19)9-16(17)12(2)23;1-4-5-8(2,3)6-7-9;4*1-2/h4-9,21-23H,1-2,10,20H2,3H3;4-7,9H2,1-3H3;4*1-2H3. The van der Waals surface area contributed by atoms with E-state index in [2.05, 4.69) is 44.6 Å². The van der Waals surface area contributed by atoms with Gasteiger partial charge in [0.15, 0.2) is 0 Å². The number of aliphatic hydroxyl groups is 1. The molecule has 0 aromatic heterocycles. The van der Waals surface area contributed by atoms with Crippen molar-refractivity contribution in [2.24, 2.45) is 11.1 Å². The SMILES string of the molecule is C=C(O)c1cc(F)ccc1NCc1cccc(C(=C)NC)c1N.CC.CC.CC.CC.CCCC(C)(C)CCN. The highest BCUT2D eigenvalue weighted by molar-refractivity contribution is 5.75. The molecule has 232 valence electrons. The van der Waals surface area contributed by atoms with E-state index in [1.807, 2.05) is 73.6 Å². The molecular weight excluding hydrogens is 499 g/mol. The molecule has 2 aromatic rings. The summed E-state index contributed by atoms with van der Waals surface area (Å²) in [5.41, 5.74) is 16.0. The lowest BCUT2D eigenvalue weighted by Gasteiger charge is -2.22. The lowest BCUT2D eigenvalue weighted by atomic mass is 9.85. The number of rotatable bonds is 10. The fourth-order valence-electron chi connectivity index (χ4n) is 3.46.